The summed E-state index contributed by atoms with van der Waals surface area (Å²) in [5.74, 6) is -2.93. The van der Waals surface area contributed by atoms with E-state index in [1.165, 1.54) is 20.1 Å². The Balaban J connectivity index is 1.54. The summed E-state index contributed by atoms with van der Waals surface area (Å²) in [5, 5.41) is 10.5. The minimum atomic E-state index is -1.33. The maximum atomic E-state index is 13.4. The number of aliphatic hydroxyl groups excluding tert-OH is 1. The fraction of sp³-hybridized carbons (Fsp3) is 0.706. The monoisotopic (exact) mass is 628 g/mol. The highest BCUT2D eigenvalue weighted by molar-refractivity contribution is 5.88. The molecule has 45 heavy (non-hydrogen) atoms. The second-order valence-corrected chi connectivity index (χ2v) is 14.3. The molecule has 2 saturated heterocycles. The van der Waals surface area contributed by atoms with Crippen LogP contribution in [-0.4, -0.2) is 79.5 Å². The molecule has 0 amide bonds. The number of fused-ring (bicyclic) bond motifs is 4. The van der Waals surface area contributed by atoms with Crippen LogP contribution in [0.5, 0.6) is 0 Å². The number of hydrogen-bond donors (Lipinski definition) is 1. The summed E-state index contributed by atoms with van der Waals surface area (Å²) in [6, 6.07) is 0. The van der Waals surface area contributed by atoms with Gasteiger partial charge in [-0.1, -0.05) is 32.4 Å². The van der Waals surface area contributed by atoms with E-state index in [4.69, 9.17) is 28.4 Å². The van der Waals surface area contributed by atoms with Crippen LogP contribution in [0.15, 0.2) is 34.4 Å². The van der Waals surface area contributed by atoms with Gasteiger partial charge in [0.2, 0.25) is 6.29 Å². The van der Waals surface area contributed by atoms with E-state index in [0.29, 0.717) is 24.2 Å². The largest absolute Gasteiger partial charge is 0.469 e. The zero-order valence-electron chi connectivity index (χ0n) is 27.2. The third kappa shape index (κ3) is 4.40. The Kier molecular flexibility index (Phi) is 7.65. The Bertz CT molecular complexity index is 1430. The molecule has 0 aromatic rings. The minimum Gasteiger partial charge on any atom is -0.469 e. The minimum absolute atomic E-state index is 0.0264. The van der Waals surface area contributed by atoms with Crippen LogP contribution < -0.4 is 0 Å². The van der Waals surface area contributed by atoms with E-state index in [-0.39, 0.29) is 30.8 Å². The second kappa shape index (κ2) is 10.8. The molecular weight excluding hydrogens is 584 g/mol. The number of allylic oxidation sites excluding steroid dienone is 2. The van der Waals surface area contributed by atoms with Crippen LogP contribution in [0.25, 0.3) is 0 Å². The molecule has 11 heteroatoms. The van der Waals surface area contributed by atoms with Gasteiger partial charge in [-0.2, -0.15) is 0 Å². The first-order chi connectivity index (χ1) is 21.1. The van der Waals surface area contributed by atoms with E-state index < -0.39 is 76.7 Å². The van der Waals surface area contributed by atoms with Gasteiger partial charge in [-0.15, -0.1) is 0 Å². The van der Waals surface area contributed by atoms with Crippen LogP contribution in [0.2, 0.25) is 0 Å². The molecule has 0 radical (unpaired) electrons. The van der Waals surface area contributed by atoms with Gasteiger partial charge in [-0.3, -0.25) is 9.59 Å². The summed E-state index contributed by atoms with van der Waals surface area (Å²) < 4.78 is 36.2. The topological polar surface area (TPSA) is 144 Å². The van der Waals surface area contributed by atoms with E-state index in [9.17, 15) is 24.3 Å². The van der Waals surface area contributed by atoms with Crippen LogP contribution in [0.1, 0.15) is 67.7 Å². The summed E-state index contributed by atoms with van der Waals surface area (Å²) in [6.45, 7) is 13.3. The van der Waals surface area contributed by atoms with Crippen molar-refractivity contribution in [3.63, 3.8) is 0 Å². The SMILES string of the molecule is C/C=C(\C)C(=O)O[C@H]1C[C@@H](OC(C)=O)[C@@]2(C)CO[C@H]3[C@H]4O[C@@H]5C[C@@H](C6=CC(=O)OC6O)C(C)=C5[C@@]4(C)[C@H](CC(=O)OC)[C@]1(C)[C@@H]32. The third-order valence-corrected chi connectivity index (χ3v) is 12.2. The highest BCUT2D eigenvalue weighted by atomic mass is 16.6. The van der Waals surface area contributed by atoms with Gasteiger partial charge in [-0.05, 0) is 38.7 Å². The Labute approximate surface area is 263 Å². The molecule has 3 aliphatic carbocycles. The zero-order chi connectivity index (χ0) is 32.8. The van der Waals surface area contributed by atoms with Crippen molar-refractivity contribution in [1.29, 1.82) is 0 Å². The molecule has 12 atom stereocenters. The Morgan fingerprint density at radius 3 is 2.42 bits per heavy atom. The summed E-state index contributed by atoms with van der Waals surface area (Å²) in [5.41, 5.74) is 0.634. The molecule has 4 fully saturated rings. The van der Waals surface area contributed by atoms with Gasteiger partial charge >= 0.3 is 23.9 Å². The Hall–Kier alpha value is -3.02. The lowest BCUT2D eigenvalue weighted by atomic mass is 9.40. The second-order valence-electron chi connectivity index (χ2n) is 14.3. The Morgan fingerprint density at radius 2 is 1.82 bits per heavy atom. The van der Waals surface area contributed by atoms with Gasteiger partial charge in [0.1, 0.15) is 12.2 Å². The van der Waals surface area contributed by atoms with E-state index in [1.807, 2.05) is 6.92 Å². The van der Waals surface area contributed by atoms with Crippen molar-refractivity contribution in [2.75, 3.05) is 13.7 Å². The lowest BCUT2D eigenvalue weighted by molar-refractivity contribution is -0.251. The van der Waals surface area contributed by atoms with E-state index in [2.05, 4.69) is 20.8 Å². The fourth-order valence-electron chi connectivity index (χ4n) is 10.2. The first-order valence-corrected chi connectivity index (χ1v) is 15.8. The van der Waals surface area contributed by atoms with E-state index in [0.717, 1.165) is 11.1 Å². The van der Waals surface area contributed by atoms with E-state index in [1.54, 1.807) is 19.9 Å². The van der Waals surface area contributed by atoms with Crippen molar-refractivity contribution in [2.45, 2.75) is 105 Å². The summed E-state index contributed by atoms with van der Waals surface area (Å²) in [4.78, 5) is 51.1. The lowest BCUT2D eigenvalue weighted by Gasteiger charge is -2.65. The van der Waals surface area contributed by atoms with Crippen LogP contribution in [0, 0.1) is 34.0 Å². The fourth-order valence-corrected chi connectivity index (χ4v) is 10.2. The molecule has 0 aromatic heterocycles. The average molecular weight is 629 g/mol. The molecule has 0 bridgehead atoms. The summed E-state index contributed by atoms with van der Waals surface area (Å²) >= 11 is 0. The highest BCUT2D eigenvalue weighted by Gasteiger charge is 2.78. The molecule has 1 unspecified atom stereocenters. The first kappa shape index (κ1) is 31.9. The number of esters is 4. The third-order valence-electron chi connectivity index (χ3n) is 12.2. The van der Waals surface area contributed by atoms with Crippen molar-refractivity contribution < 1.29 is 52.7 Å². The van der Waals surface area contributed by atoms with Gasteiger partial charge in [0, 0.05) is 65.1 Å². The molecule has 6 aliphatic rings. The molecule has 11 nitrogen and oxygen atoms in total. The Morgan fingerprint density at radius 1 is 1.11 bits per heavy atom. The molecule has 6 rings (SSSR count). The van der Waals surface area contributed by atoms with Crippen molar-refractivity contribution in [1.82, 2.24) is 0 Å². The van der Waals surface area contributed by atoms with Gasteiger partial charge in [-0.25, -0.2) is 9.59 Å². The standard InChI is InChI=1S/C34H44O11/c1-9-15(2)30(38)44-23-13-22(42-17(4)35)32(5)14-41-27-28(32)33(23,6)21(12-24(36)40-8)34(7)26-16(3)18(10-20(26)43-29(27)34)19-11-25(37)45-31(19)39/h9,11,18,20-23,27-29,31,39H,10,12-14H2,1-8H3/b15-9+/t18-,20-,21-,22-,23+,27-,28+,29-,31?,32-,33+,34-/m1/s1. The summed E-state index contributed by atoms with van der Waals surface area (Å²) in [6.07, 6.45) is -0.121. The smallest absolute Gasteiger partial charge is 0.333 e. The molecule has 0 aromatic carbocycles. The number of carbonyl (C=O) groups excluding carboxylic acids is 4. The molecule has 0 spiro atoms. The number of carbonyl (C=O) groups is 4. The van der Waals surface area contributed by atoms with Crippen molar-refractivity contribution >= 4 is 23.9 Å². The predicted octanol–water partition coefficient (Wildman–Crippen LogP) is 3.33. The van der Waals surface area contributed by atoms with Crippen LogP contribution in [-0.2, 0) is 47.6 Å². The number of hydrogen-bond acceptors (Lipinski definition) is 11. The average Bonchev–Trinajstić information content (AvgIpc) is 3.69. The lowest BCUT2D eigenvalue weighted by Crippen LogP contribution is -2.71. The quantitative estimate of drug-likeness (QED) is 0.200. The highest BCUT2D eigenvalue weighted by Crippen LogP contribution is 2.74. The molecule has 246 valence electrons. The first-order valence-electron chi connectivity index (χ1n) is 15.8. The van der Waals surface area contributed by atoms with Crippen molar-refractivity contribution in [3.05, 3.63) is 34.4 Å². The summed E-state index contributed by atoms with van der Waals surface area (Å²) in [7, 11) is 1.36. The molecule has 3 heterocycles. The van der Waals surface area contributed by atoms with Crippen molar-refractivity contribution in [2.24, 2.45) is 34.0 Å². The normalized spacial score (nSPS) is 44.9. The molecular formula is C34H44O11. The van der Waals surface area contributed by atoms with Gasteiger partial charge in [0.15, 0.2) is 0 Å². The van der Waals surface area contributed by atoms with Crippen molar-refractivity contribution in [3.8, 4) is 0 Å². The van der Waals surface area contributed by atoms with Gasteiger partial charge in [0.25, 0.3) is 0 Å². The maximum absolute atomic E-state index is 13.4. The van der Waals surface area contributed by atoms with E-state index >= 15 is 0 Å². The van der Waals surface area contributed by atoms with Gasteiger partial charge < -0.3 is 33.5 Å². The predicted molar refractivity (Wildman–Crippen MR) is 157 cm³/mol. The molecule has 2 saturated carbocycles. The molecule has 3 aliphatic heterocycles. The van der Waals surface area contributed by atoms with Crippen LogP contribution in [0.4, 0.5) is 0 Å². The number of methoxy groups -OCH3 is 1. The zero-order valence-corrected chi connectivity index (χ0v) is 27.2. The number of ether oxygens (including phenoxy) is 6. The number of cyclic esters (lactones) is 1. The maximum Gasteiger partial charge on any atom is 0.333 e. The number of aliphatic hydroxyl groups is 1. The number of rotatable bonds is 6. The van der Waals surface area contributed by atoms with Crippen LogP contribution in [0.3, 0.4) is 0 Å². The molecule has 1 N–H and O–H groups in total. The van der Waals surface area contributed by atoms with Crippen LogP contribution >= 0.6 is 0 Å². The van der Waals surface area contributed by atoms with Gasteiger partial charge in [0.05, 0.1) is 32.0 Å².